The van der Waals surface area contributed by atoms with Crippen LogP contribution in [-0.4, -0.2) is 5.91 Å². The molecule has 2 nitrogen and oxygen atoms in total. The smallest absolute Gasteiger partial charge is 0.231 e. The molecule has 0 heterocycles. The lowest BCUT2D eigenvalue weighted by molar-refractivity contribution is -0.117. The second-order valence-electron chi connectivity index (χ2n) is 5.06. The quantitative estimate of drug-likeness (QED) is 0.859. The number of anilines is 1. The van der Waals surface area contributed by atoms with Crippen molar-refractivity contribution in [2.45, 2.75) is 26.7 Å². The Morgan fingerprint density at radius 2 is 1.80 bits per heavy atom. The van der Waals surface area contributed by atoms with Gasteiger partial charge in [-0.25, -0.2) is 0 Å². The monoisotopic (exact) mass is 331 g/mol. The molecule has 0 radical (unpaired) electrons. The van der Waals surface area contributed by atoms with Crippen molar-refractivity contribution in [2.75, 3.05) is 5.32 Å². The molecular formula is C17H18BrNO. The lowest BCUT2D eigenvalue weighted by Gasteiger charge is -2.16. The highest BCUT2D eigenvalue weighted by Crippen LogP contribution is 2.29. The zero-order valence-electron chi connectivity index (χ0n) is 11.9. The topological polar surface area (TPSA) is 29.1 Å². The molecule has 0 aromatic heterocycles. The average Bonchev–Trinajstić information content (AvgIpc) is 2.42. The molecule has 1 atom stereocenters. The molecule has 0 spiro atoms. The van der Waals surface area contributed by atoms with Gasteiger partial charge in [-0.05, 0) is 59.5 Å². The lowest BCUT2D eigenvalue weighted by Crippen LogP contribution is -2.19. The van der Waals surface area contributed by atoms with Crippen molar-refractivity contribution in [3.05, 3.63) is 63.6 Å². The number of hydrogen-bond acceptors (Lipinski definition) is 1. The molecule has 0 bridgehead atoms. The first-order valence-electron chi connectivity index (χ1n) is 6.61. The van der Waals surface area contributed by atoms with E-state index in [1.54, 1.807) is 0 Å². The molecule has 0 fully saturated rings. The molecule has 0 aliphatic carbocycles. The molecular weight excluding hydrogens is 314 g/mol. The van der Waals surface area contributed by atoms with Crippen LogP contribution in [0, 0.1) is 13.8 Å². The average molecular weight is 332 g/mol. The number of aryl methyl sites for hydroxylation is 2. The van der Waals surface area contributed by atoms with Crippen LogP contribution < -0.4 is 5.32 Å². The van der Waals surface area contributed by atoms with Crippen molar-refractivity contribution in [2.24, 2.45) is 0 Å². The number of benzene rings is 2. The largest absolute Gasteiger partial charge is 0.324 e. The minimum atomic E-state index is -0.177. The van der Waals surface area contributed by atoms with Gasteiger partial charge in [0.2, 0.25) is 5.91 Å². The van der Waals surface area contributed by atoms with E-state index in [2.05, 4.69) is 27.3 Å². The van der Waals surface area contributed by atoms with Gasteiger partial charge in [0, 0.05) is 4.47 Å². The maximum Gasteiger partial charge on any atom is 0.231 e. The number of amides is 1. The van der Waals surface area contributed by atoms with Crippen LogP contribution in [0.15, 0.2) is 46.9 Å². The Bertz CT molecular complexity index is 599. The van der Waals surface area contributed by atoms with Gasteiger partial charge in [-0.2, -0.15) is 0 Å². The number of halogens is 1. The summed E-state index contributed by atoms with van der Waals surface area (Å²) in [7, 11) is 0. The van der Waals surface area contributed by atoms with Crippen molar-refractivity contribution < 1.29 is 4.79 Å². The van der Waals surface area contributed by atoms with E-state index in [-0.39, 0.29) is 11.8 Å². The molecule has 1 unspecified atom stereocenters. The van der Waals surface area contributed by atoms with E-state index in [1.165, 1.54) is 5.56 Å². The van der Waals surface area contributed by atoms with Gasteiger partial charge >= 0.3 is 0 Å². The van der Waals surface area contributed by atoms with Crippen LogP contribution in [0.5, 0.6) is 0 Å². The van der Waals surface area contributed by atoms with Gasteiger partial charge < -0.3 is 5.32 Å². The summed E-state index contributed by atoms with van der Waals surface area (Å²) < 4.78 is 0.920. The minimum absolute atomic E-state index is 0.00357. The molecule has 0 saturated carbocycles. The maximum atomic E-state index is 12.4. The molecule has 2 aromatic rings. The fourth-order valence-corrected chi connectivity index (χ4v) is 2.97. The molecule has 1 amide bonds. The number of hydrogen-bond donors (Lipinski definition) is 1. The number of carbonyl (C=O) groups excluding carboxylic acids is 1. The van der Waals surface area contributed by atoms with E-state index < -0.39 is 0 Å². The highest BCUT2D eigenvalue weighted by molar-refractivity contribution is 9.10. The number of rotatable bonds is 3. The SMILES string of the molecule is Cc1cc(C)c(NC(=O)C(C)c2ccccc2)c(Br)c1. The van der Waals surface area contributed by atoms with E-state index >= 15 is 0 Å². The molecule has 104 valence electrons. The van der Waals surface area contributed by atoms with Crippen LogP contribution in [0.2, 0.25) is 0 Å². The molecule has 20 heavy (non-hydrogen) atoms. The van der Waals surface area contributed by atoms with Crippen LogP contribution in [0.25, 0.3) is 0 Å². The second kappa shape index (κ2) is 6.23. The standard InChI is InChI=1S/C17H18BrNO/c1-11-9-12(2)16(15(18)10-11)19-17(20)13(3)14-7-5-4-6-8-14/h4-10,13H,1-3H3,(H,19,20). The molecule has 0 aliphatic rings. The maximum absolute atomic E-state index is 12.4. The normalized spacial score (nSPS) is 12.0. The Hall–Kier alpha value is -1.61. The lowest BCUT2D eigenvalue weighted by atomic mass is 10.00. The molecule has 0 saturated heterocycles. The molecule has 1 N–H and O–H groups in total. The first kappa shape index (κ1) is 14.8. The van der Waals surface area contributed by atoms with Gasteiger partial charge in [0.25, 0.3) is 0 Å². The summed E-state index contributed by atoms with van der Waals surface area (Å²) in [5, 5.41) is 3.02. The summed E-state index contributed by atoms with van der Waals surface area (Å²) in [6, 6.07) is 13.9. The van der Waals surface area contributed by atoms with Gasteiger partial charge in [0.15, 0.2) is 0 Å². The number of nitrogens with one attached hydrogen (secondary N) is 1. The predicted molar refractivity (Wildman–Crippen MR) is 87.1 cm³/mol. The van der Waals surface area contributed by atoms with E-state index in [4.69, 9.17) is 0 Å². The summed E-state index contributed by atoms with van der Waals surface area (Å²) in [4.78, 5) is 12.4. The second-order valence-corrected chi connectivity index (χ2v) is 5.91. The van der Waals surface area contributed by atoms with Crippen molar-refractivity contribution in [3.63, 3.8) is 0 Å². The summed E-state index contributed by atoms with van der Waals surface area (Å²) >= 11 is 3.52. The third-order valence-corrected chi connectivity index (χ3v) is 4.00. The van der Waals surface area contributed by atoms with Crippen molar-refractivity contribution in [3.8, 4) is 0 Å². The van der Waals surface area contributed by atoms with E-state index in [9.17, 15) is 4.79 Å². The Kier molecular flexibility index (Phi) is 4.61. The molecule has 0 aliphatic heterocycles. The third kappa shape index (κ3) is 3.28. The van der Waals surface area contributed by atoms with E-state index in [0.717, 1.165) is 21.3 Å². The van der Waals surface area contributed by atoms with Crippen LogP contribution in [0.1, 0.15) is 29.5 Å². The summed E-state index contributed by atoms with van der Waals surface area (Å²) in [5.74, 6) is -0.173. The van der Waals surface area contributed by atoms with Gasteiger partial charge in [0.1, 0.15) is 0 Å². The Morgan fingerprint density at radius 1 is 1.15 bits per heavy atom. The number of carbonyl (C=O) groups is 1. The van der Waals surface area contributed by atoms with Gasteiger partial charge in [-0.1, -0.05) is 36.4 Å². The van der Waals surface area contributed by atoms with Crippen LogP contribution in [0.3, 0.4) is 0 Å². The predicted octanol–water partition coefficient (Wildman–Crippen LogP) is 4.81. The fourth-order valence-electron chi connectivity index (χ4n) is 2.20. The van der Waals surface area contributed by atoms with Gasteiger partial charge in [-0.3, -0.25) is 4.79 Å². The van der Waals surface area contributed by atoms with Crippen molar-refractivity contribution >= 4 is 27.5 Å². The Morgan fingerprint density at radius 3 is 2.40 bits per heavy atom. The van der Waals surface area contributed by atoms with Crippen molar-refractivity contribution in [1.82, 2.24) is 0 Å². The van der Waals surface area contributed by atoms with E-state index in [0.29, 0.717) is 0 Å². The van der Waals surface area contributed by atoms with Gasteiger partial charge in [0.05, 0.1) is 11.6 Å². The molecule has 3 heteroatoms. The zero-order chi connectivity index (χ0) is 14.7. The fraction of sp³-hybridized carbons (Fsp3) is 0.235. The summed E-state index contributed by atoms with van der Waals surface area (Å²) in [6.45, 7) is 5.96. The van der Waals surface area contributed by atoms with Gasteiger partial charge in [-0.15, -0.1) is 0 Å². The van der Waals surface area contributed by atoms with Crippen molar-refractivity contribution in [1.29, 1.82) is 0 Å². The van der Waals surface area contributed by atoms with Crippen LogP contribution >= 0.6 is 15.9 Å². The summed E-state index contributed by atoms with van der Waals surface area (Å²) in [5.41, 5.74) is 4.10. The third-order valence-electron chi connectivity index (χ3n) is 3.37. The molecule has 2 aromatic carbocycles. The summed E-state index contributed by atoms with van der Waals surface area (Å²) in [6.07, 6.45) is 0. The minimum Gasteiger partial charge on any atom is -0.324 e. The van der Waals surface area contributed by atoms with Crippen LogP contribution in [0.4, 0.5) is 5.69 Å². The first-order valence-corrected chi connectivity index (χ1v) is 7.41. The zero-order valence-corrected chi connectivity index (χ0v) is 13.5. The van der Waals surface area contributed by atoms with Crippen LogP contribution in [-0.2, 0) is 4.79 Å². The molecule has 2 rings (SSSR count). The Labute approximate surface area is 128 Å². The Balaban J connectivity index is 2.20. The highest BCUT2D eigenvalue weighted by atomic mass is 79.9. The first-order chi connectivity index (χ1) is 9.49. The highest BCUT2D eigenvalue weighted by Gasteiger charge is 2.17. The van der Waals surface area contributed by atoms with E-state index in [1.807, 2.05) is 57.2 Å².